The van der Waals surface area contributed by atoms with Crippen molar-refractivity contribution in [3.8, 4) is 17.6 Å². The third kappa shape index (κ3) is 5.71. The number of nitriles is 1. The van der Waals surface area contributed by atoms with Crippen LogP contribution in [0.3, 0.4) is 0 Å². The quantitative estimate of drug-likeness (QED) is 0.126. The van der Waals surface area contributed by atoms with E-state index in [2.05, 4.69) is 34.5 Å². The van der Waals surface area contributed by atoms with E-state index in [0.29, 0.717) is 27.2 Å². The molecule has 1 N–H and O–H groups in total. The molecule has 0 atom stereocenters. The molecular formula is C20H15ClIN3O5. The number of carbonyl (C=O) groups is 1. The van der Waals surface area contributed by atoms with Crippen molar-refractivity contribution in [3.05, 3.63) is 72.8 Å². The van der Waals surface area contributed by atoms with Crippen LogP contribution in [-0.4, -0.2) is 24.5 Å². The van der Waals surface area contributed by atoms with Crippen LogP contribution in [0.25, 0.3) is 6.08 Å². The summed E-state index contributed by atoms with van der Waals surface area (Å²) in [5.41, 5.74) is 0.116. The highest BCUT2D eigenvalue weighted by Crippen LogP contribution is 2.34. The zero-order valence-corrected chi connectivity index (χ0v) is 18.6. The van der Waals surface area contributed by atoms with E-state index < -0.39 is 10.8 Å². The predicted octanol–water partition coefficient (Wildman–Crippen LogP) is 4.97. The highest BCUT2D eigenvalue weighted by atomic mass is 127. The lowest BCUT2D eigenvalue weighted by Crippen LogP contribution is -2.13. The Morgan fingerprint density at radius 2 is 2.17 bits per heavy atom. The summed E-state index contributed by atoms with van der Waals surface area (Å²) in [5, 5.41) is 22.8. The molecule has 30 heavy (non-hydrogen) atoms. The molecule has 0 fully saturated rings. The van der Waals surface area contributed by atoms with Crippen molar-refractivity contribution in [2.75, 3.05) is 19.0 Å². The maximum absolute atomic E-state index is 12.5. The number of methoxy groups -OCH3 is 1. The van der Waals surface area contributed by atoms with Crippen LogP contribution in [0.4, 0.5) is 11.4 Å². The molecule has 0 aliphatic heterocycles. The fraction of sp³-hybridized carbons (Fsp3) is 0.100. The van der Waals surface area contributed by atoms with Crippen LogP contribution in [0.15, 0.2) is 48.6 Å². The normalized spacial score (nSPS) is 10.7. The Kier molecular flexibility index (Phi) is 8.20. The first kappa shape index (κ1) is 23.2. The Hall–Kier alpha value is -3.10. The number of halogens is 2. The molecule has 0 saturated carbocycles. The van der Waals surface area contributed by atoms with E-state index in [1.165, 1.54) is 25.3 Å². The predicted molar refractivity (Wildman–Crippen MR) is 122 cm³/mol. The maximum Gasteiger partial charge on any atom is 0.289 e. The smallest absolute Gasteiger partial charge is 0.289 e. The van der Waals surface area contributed by atoms with Crippen molar-refractivity contribution in [2.24, 2.45) is 0 Å². The maximum atomic E-state index is 12.5. The molecule has 0 unspecified atom stereocenters. The number of nitrogens with one attached hydrogen (secondary N) is 1. The van der Waals surface area contributed by atoms with Crippen LogP contribution in [0.5, 0.6) is 11.5 Å². The van der Waals surface area contributed by atoms with E-state index >= 15 is 0 Å². The summed E-state index contributed by atoms with van der Waals surface area (Å²) in [4.78, 5) is 22.8. The molecular weight excluding hydrogens is 525 g/mol. The third-order valence-corrected chi connectivity index (χ3v) is 4.79. The van der Waals surface area contributed by atoms with E-state index in [-0.39, 0.29) is 22.0 Å². The van der Waals surface area contributed by atoms with Gasteiger partial charge >= 0.3 is 0 Å². The Morgan fingerprint density at radius 3 is 2.77 bits per heavy atom. The molecule has 154 valence electrons. The molecule has 8 nitrogen and oxygen atoms in total. The van der Waals surface area contributed by atoms with Gasteiger partial charge in [-0.2, -0.15) is 5.26 Å². The molecule has 0 radical (unpaired) electrons. The molecule has 2 aromatic rings. The van der Waals surface area contributed by atoms with Gasteiger partial charge in [-0.25, -0.2) is 0 Å². The van der Waals surface area contributed by atoms with Crippen LogP contribution in [0, 0.1) is 25.0 Å². The van der Waals surface area contributed by atoms with Gasteiger partial charge in [-0.1, -0.05) is 24.3 Å². The van der Waals surface area contributed by atoms with E-state index in [9.17, 15) is 20.2 Å². The number of hydrogen-bond donors (Lipinski definition) is 1. The van der Waals surface area contributed by atoms with Crippen molar-refractivity contribution in [3.63, 3.8) is 0 Å². The summed E-state index contributed by atoms with van der Waals surface area (Å²) in [6.07, 6.45) is 2.98. The molecule has 2 aromatic carbocycles. The molecule has 1 amide bonds. The van der Waals surface area contributed by atoms with Crippen LogP contribution in [0.2, 0.25) is 5.02 Å². The minimum Gasteiger partial charge on any atom is -0.493 e. The zero-order chi connectivity index (χ0) is 22.3. The number of carbonyl (C=O) groups excluding carboxylic acids is 1. The largest absolute Gasteiger partial charge is 0.493 e. The number of nitro groups is 1. The van der Waals surface area contributed by atoms with Crippen LogP contribution in [0.1, 0.15) is 5.56 Å². The van der Waals surface area contributed by atoms with Gasteiger partial charge in [0.25, 0.3) is 11.6 Å². The number of amides is 1. The second kappa shape index (κ2) is 10.6. The highest BCUT2D eigenvalue weighted by molar-refractivity contribution is 14.1. The summed E-state index contributed by atoms with van der Waals surface area (Å²) in [6.45, 7) is 3.89. The molecule has 0 spiro atoms. The SMILES string of the molecule is C=CCOc1c(I)cc(/C=C(\C#N)C(=O)Nc2ccc(Cl)c([N+](=O)[O-])c2)cc1OC. The van der Waals surface area contributed by atoms with Gasteiger partial charge in [0.05, 0.1) is 15.6 Å². The van der Waals surface area contributed by atoms with Crippen molar-refractivity contribution in [2.45, 2.75) is 0 Å². The molecule has 10 heteroatoms. The standard InChI is InChI=1S/C20H15ClIN3O5/c1-3-6-30-19-16(22)8-12(9-18(19)29-2)7-13(11-23)20(26)24-14-4-5-15(21)17(10-14)25(27)28/h3-5,7-10H,1,6H2,2H3,(H,24,26)/b13-7+. The number of nitro benzene ring substituents is 1. The highest BCUT2D eigenvalue weighted by Gasteiger charge is 2.17. The first-order valence-electron chi connectivity index (χ1n) is 8.29. The fourth-order valence-corrected chi connectivity index (χ4v) is 3.32. The number of hydrogen-bond acceptors (Lipinski definition) is 6. The van der Waals surface area contributed by atoms with E-state index in [1.807, 2.05) is 6.07 Å². The number of rotatable bonds is 8. The van der Waals surface area contributed by atoms with Gasteiger partial charge in [0.2, 0.25) is 0 Å². The van der Waals surface area contributed by atoms with Gasteiger partial charge in [0.15, 0.2) is 11.5 Å². The lowest BCUT2D eigenvalue weighted by Gasteiger charge is -2.12. The van der Waals surface area contributed by atoms with Gasteiger partial charge in [0.1, 0.15) is 23.3 Å². The minimum atomic E-state index is -0.727. The first-order chi connectivity index (χ1) is 14.3. The number of benzene rings is 2. The average molecular weight is 540 g/mol. The van der Waals surface area contributed by atoms with Crippen LogP contribution >= 0.6 is 34.2 Å². The summed E-state index contributed by atoms with van der Waals surface area (Å²) in [7, 11) is 1.48. The second-order valence-corrected chi connectivity index (χ2v) is 7.25. The van der Waals surface area contributed by atoms with Gasteiger partial charge in [-0.05, 0) is 58.5 Å². The average Bonchev–Trinajstić information content (AvgIpc) is 2.71. The number of nitrogens with zero attached hydrogens (tertiary/aromatic N) is 2. The second-order valence-electron chi connectivity index (χ2n) is 5.68. The van der Waals surface area contributed by atoms with Gasteiger partial charge < -0.3 is 14.8 Å². The monoisotopic (exact) mass is 539 g/mol. The summed E-state index contributed by atoms with van der Waals surface area (Å²) in [5.74, 6) is 0.225. The minimum absolute atomic E-state index is 0.0607. The first-order valence-corrected chi connectivity index (χ1v) is 9.74. The molecule has 0 saturated heterocycles. The lowest BCUT2D eigenvalue weighted by atomic mass is 10.1. The molecule has 0 aliphatic rings. The van der Waals surface area contributed by atoms with E-state index in [1.54, 1.807) is 18.2 Å². The van der Waals surface area contributed by atoms with E-state index in [4.69, 9.17) is 21.1 Å². The summed E-state index contributed by atoms with van der Waals surface area (Å²) in [6, 6.07) is 8.98. The van der Waals surface area contributed by atoms with Gasteiger partial charge in [0, 0.05) is 11.8 Å². The third-order valence-electron chi connectivity index (χ3n) is 3.67. The number of anilines is 1. The molecule has 0 aliphatic carbocycles. The fourth-order valence-electron chi connectivity index (χ4n) is 2.35. The molecule has 2 rings (SSSR count). The topological polar surface area (TPSA) is 114 Å². The molecule has 0 aromatic heterocycles. The van der Waals surface area contributed by atoms with Crippen molar-refractivity contribution in [1.29, 1.82) is 5.26 Å². The summed E-state index contributed by atoms with van der Waals surface area (Å²) >= 11 is 7.82. The van der Waals surface area contributed by atoms with Crippen molar-refractivity contribution >= 4 is 57.5 Å². The lowest BCUT2D eigenvalue weighted by molar-refractivity contribution is -0.384. The summed E-state index contributed by atoms with van der Waals surface area (Å²) < 4.78 is 11.6. The Balaban J connectivity index is 2.33. The van der Waals surface area contributed by atoms with Crippen molar-refractivity contribution < 1.29 is 19.2 Å². The molecule has 0 heterocycles. The Bertz CT molecular complexity index is 1080. The van der Waals surface area contributed by atoms with Gasteiger partial charge in [-0.15, -0.1) is 0 Å². The molecule has 0 bridgehead atoms. The Morgan fingerprint density at radius 1 is 1.43 bits per heavy atom. The van der Waals surface area contributed by atoms with Crippen LogP contribution in [-0.2, 0) is 4.79 Å². The zero-order valence-electron chi connectivity index (χ0n) is 15.6. The van der Waals surface area contributed by atoms with E-state index in [0.717, 1.165) is 6.07 Å². The Labute approximate surface area is 191 Å². The van der Waals surface area contributed by atoms with Crippen molar-refractivity contribution in [1.82, 2.24) is 0 Å². The number of ether oxygens (including phenoxy) is 2. The van der Waals surface area contributed by atoms with Gasteiger partial charge in [-0.3, -0.25) is 14.9 Å². The van der Waals surface area contributed by atoms with Crippen LogP contribution < -0.4 is 14.8 Å².